The predicted octanol–water partition coefficient (Wildman–Crippen LogP) is -0.158. The number of carbonyl (C=O) groups excluding carboxylic acids is 2. The summed E-state index contributed by atoms with van der Waals surface area (Å²) in [5.41, 5.74) is 4.72. The van der Waals surface area contributed by atoms with E-state index in [-0.39, 0.29) is 15.9 Å². The van der Waals surface area contributed by atoms with E-state index in [1.807, 2.05) is 0 Å². The van der Waals surface area contributed by atoms with E-state index in [9.17, 15) is 14.4 Å². The maximum Gasteiger partial charge on any atom is 0.326 e. The van der Waals surface area contributed by atoms with Gasteiger partial charge in [0.25, 0.3) is 5.91 Å². The highest BCUT2D eigenvalue weighted by atomic mass is 35.5. The molecule has 0 aromatic carbocycles. The maximum absolute atomic E-state index is 11.8. The van der Waals surface area contributed by atoms with Crippen LogP contribution in [0, 0.1) is 0 Å². The number of rotatable bonds is 5. The summed E-state index contributed by atoms with van der Waals surface area (Å²) in [5, 5.41) is 17.4. The molecule has 0 unspecified atom stereocenters. The van der Waals surface area contributed by atoms with Crippen molar-refractivity contribution >= 4 is 41.0 Å². The van der Waals surface area contributed by atoms with Crippen LogP contribution in [0.25, 0.3) is 0 Å². The van der Waals surface area contributed by atoms with Crippen molar-refractivity contribution < 1.29 is 19.5 Å². The van der Waals surface area contributed by atoms with Crippen molar-refractivity contribution in [3.8, 4) is 0 Å². The summed E-state index contributed by atoms with van der Waals surface area (Å²) < 4.78 is 0. The molecule has 2 amide bonds. The van der Waals surface area contributed by atoms with Crippen LogP contribution in [0.3, 0.4) is 0 Å². The molecular weight excluding hydrogens is 299 g/mol. The minimum atomic E-state index is -1.46. The molecule has 0 bridgehead atoms. The fourth-order valence-electron chi connectivity index (χ4n) is 1.15. The number of nitrogens with two attached hydrogens (primary N) is 1. The molecule has 0 aliphatic carbocycles. The summed E-state index contributed by atoms with van der Waals surface area (Å²) in [6, 6.07) is -0.344. The number of halogens is 2. The van der Waals surface area contributed by atoms with Crippen molar-refractivity contribution in [1.29, 1.82) is 0 Å². The first kappa shape index (κ1) is 15.1. The monoisotopic (exact) mass is 306 g/mol. The van der Waals surface area contributed by atoms with Crippen molar-refractivity contribution in [1.82, 2.24) is 15.5 Å². The molecule has 1 aromatic rings. The van der Waals surface area contributed by atoms with Crippen LogP contribution >= 0.6 is 23.2 Å². The van der Waals surface area contributed by atoms with E-state index in [0.29, 0.717) is 0 Å². The first-order chi connectivity index (χ1) is 8.81. The van der Waals surface area contributed by atoms with Crippen molar-refractivity contribution in [2.45, 2.75) is 12.5 Å². The van der Waals surface area contributed by atoms with Gasteiger partial charge in [0, 0.05) is 0 Å². The Bertz CT molecular complexity index is 537. The third kappa shape index (κ3) is 4.34. The van der Waals surface area contributed by atoms with Gasteiger partial charge in [-0.2, -0.15) is 0 Å². The zero-order valence-corrected chi connectivity index (χ0v) is 10.8. The minimum absolute atomic E-state index is 0.0867. The number of nitrogens with one attached hydrogen (secondary N) is 1. The quantitative estimate of drug-likeness (QED) is 0.691. The van der Waals surface area contributed by atoms with E-state index in [1.54, 1.807) is 0 Å². The van der Waals surface area contributed by atoms with Gasteiger partial charge in [0.15, 0.2) is 10.3 Å². The van der Waals surface area contributed by atoms with Crippen LogP contribution in [0.15, 0.2) is 6.07 Å². The summed E-state index contributed by atoms with van der Waals surface area (Å²) in [6.45, 7) is 0. The van der Waals surface area contributed by atoms with Crippen molar-refractivity contribution in [2.75, 3.05) is 0 Å². The topological polar surface area (TPSA) is 135 Å². The minimum Gasteiger partial charge on any atom is -0.480 e. The van der Waals surface area contributed by atoms with E-state index < -0.39 is 30.2 Å². The lowest BCUT2D eigenvalue weighted by molar-refractivity contribution is -0.140. The Kier molecular flexibility index (Phi) is 5.02. The van der Waals surface area contributed by atoms with Gasteiger partial charge < -0.3 is 16.2 Å². The lowest BCUT2D eigenvalue weighted by atomic mass is 10.2. The van der Waals surface area contributed by atoms with E-state index in [4.69, 9.17) is 34.0 Å². The lowest BCUT2D eigenvalue weighted by Gasteiger charge is -2.13. The SMILES string of the molecule is NC(=O)C[C@@H](NC(=O)c1cc(Cl)nnc1Cl)C(=O)O. The Hall–Kier alpha value is -1.93. The molecule has 8 nitrogen and oxygen atoms in total. The standard InChI is InChI=1S/C9H8Cl2N4O4/c10-5-1-3(7(11)15-14-5)8(17)13-4(9(18)19)2-6(12)16/h1,4H,2H2,(H2,12,16)(H,13,17)(H,18,19)/t4-/m1/s1. The van der Waals surface area contributed by atoms with E-state index in [1.165, 1.54) is 0 Å². The van der Waals surface area contributed by atoms with E-state index in [0.717, 1.165) is 6.07 Å². The second-order valence-electron chi connectivity index (χ2n) is 3.41. The zero-order chi connectivity index (χ0) is 14.6. The molecule has 1 atom stereocenters. The number of hydrogen-bond donors (Lipinski definition) is 3. The fourth-order valence-corrected chi connectivity index (χ4v) is 1.47. The van der Waals surface area contributed by atoms with Gasteiger partial charge in [-0.05, 0) is 6.07 Å². The Balaban J connectivity index is 2.90. The molecule has 4 N–H and O–H groups in total. The van der Waals surface area contributed by atoms with Crippen LogP contribution < -0.4 is 11.1 Å². The first-order valence-electron chi connectivity index (χ1n) is 4.82. The molecule has 19 heavy (non-hydrogen) atoms. The second kappa shape index (κ2) is 6.30. The van der Waals surface area contributed by atoms with Crippen molar-refractivity contribution in [3.05, 3.63) is 21.9 Å². The predicted molar refractivity (Wildman–Crippen MR) is 64.8 cm³/mol. The number of hydrogen-bond acceptors (Lipinski definition) is 5. The first-order valence-corrected chi connectivity index (χ1v) is 5.57. The highest BCUT2D eigenvalue weighted by Crippen LogP contribution is 2.15. The largest absolute Gasteiger partial charge is 0.480 e. The summed E-state index contributed by atoms with van der Waals surface area (Å²) >= 11 is 11.2. The molecular formula is C9H8Cl2N4O4. The zero-order valence-electron chi connectivity index (χ0n) is 9.26. The van der Waals surface area contributed by atoms with E-state index in [2.05, 4.69) is 15.5 Å². The van der Waals surface area contributed by atoms with Gasteiger partial charge in [-0.3, -0.25) is 9.59 Å². The van der Waals surface area contributed by atoms with Crippen LogP contribution in [-0.4, -0.2) is 39.1 Å². The smallest absolute Gasteiger partial charge is 0.326 e. The number of aromatic nitrogens is 2. The number of carboxylic acids is 1. The molecule has 0 saturated heterocycles. The van der Waals surface area contributed by atoms with Crippen LogP contribution in [0.1, 0.15) is 16.8 Å². The average Bonchev–Trinajstić information content (AvgIpc) is 2.30. The Morgan fingerprint density at radius 1 is 1.37 bits per heavy atom. The van der Waals surface area contributed by atoms with Crippen LogP contribution in [0.5, 0.6) is 0 Å². The number of aliphatic carboxylic acids is 1. The molecule has 0 radical (unpaired) electrons. The molecule has 0 aliphatic heterocycles. The normalized spacial score (nSPS) is 11.7. The second-order valence-corrected chi connectivity index (χ2v) is 4.15. The molecule has 0 spiro atoms. The summed E-state index contributed by atoms with van der Waals surface area (Å²) in [7, 11) is 0. The summed E-state index contributed by atoms with van der Waals surface area (Å²) in [4.78, 5) is 33.3. The highest BCUT2D eigenvalue weighted by Gasteiger charge is 2.24. The molecule has 10 heteroatoms. The third-order valence-corrected chi connectivity index (χ3v) is 2.44. The van der Waals surface area contributed by atoms with Gasteiger partial charge in [-0.15, -0.1) is 10.2 Å². The molecule has 1 rings (SSSR count). The summed E-state index contributed by atoms with van der Waals surface area (Å²) in [6.07, 6.45) is -0.551. The van der Waals surface area contributed by atoms with Gasteiger partial charge in [0.05, 0.1) is 12.0 Å². The van der Waals surface area contributed by atoms with Crippen molar-refractivity contribution in [3.63, 3.8) is 0 Å². The highest BCUT2D eigenvalue weighted by molar-refractivity contribution is 6.34. The van der Waals surface area contributed by atoms with Gasteiger partial charge in [-0.1, -0.05) is 23.2 Å². The van der Waals surface area contributed by atoms with Gasteiger partial charge in [0.2, 0.25) is 5.91 Å². The third-order valence-electron chi connectivity index (χ3n) is 1.97. The van der Waals surface area contributed by atoms with Crippen LogP contribution in [0.4, 0.5) is 0 Å². The van der Waals surface area contributed by atoms with Crippen LogP contribution in [-0.2, 0) is 9.59 Å². The van der Waals surface area contributed by atoms with Gasteiger partial charge in [0.1, 0.15) is 6.04 Å². The molecule has 0 fully saturated rings. The maximum atomic E-state index is 11.8. The van der Waals surface area contributed by atoms with Crippen LogP contribution in [0.2, 0.25) is 10.3 Å². The Labute approximate surface area is 116 Å². The molecule has 1 heterocycles. The Morgan fingerprint density at radius 3 is 2.53 bits per heavy atom. The molecule has 0 aliphatic rings. The number of primary amides is 1. The van der Waals surface area contributed by atoms with Gasteiger partial charge in [-0.25, -0.2) is 4.79 Å². The average molecular weight is 307 g/mol. The lowest BCUT2D eigenvalue weighted by Crippen LogP contribution is -2.43. The fraction of sp³-hybridized carbons (Fsp3) is 0.222. The molecule has 102 valence electrons. The molecule has 1 aromatic heterocycles. The van der Waals surface area contributed by atoms with E-state index >= 15 is 0 Å². The number of carboxylic acid groups (broad SMARTS) is 1. The number of carbonyl (C=O) groups is 3. The number of amides is 2. The molecule has 0 saturated carbocycles. The Morgan fingerprint density at radius 2 is 2.00 bits per heavy atom. The summed E-state index contributed by atoms with van der Waals surface area (Å²) in [5.74, 6) is -3.13. The van der Waals surface area contributed by atoms with Crippen molar-refractivity contribution in [2.24, 2.45) is 5.73 Å². The number of nitrogens with zero attached hydrogens (tertiary/aromatic N) is 2. The van der Waals surface area contributed by atoms with Gasteiger partial charge >= 0.3 is 5.97 Å².